The van der Waals surface area contributed by atoms with E-state index in [1.807, 2.05) is 0 Å². The van der Waals surface area contributed by atoms with Gasteiger partial charge in [-0.3, -0.25) is 0 Å². The van der Waals surface area contributed by atoms with Gasteiger partial charge in [0.05, 0.1) is 6.10 Å². The van der Waals surface area contributed by atoms with Crippen LogP contribution in [0.4, 0.5) is 0 Å². The van der Waals surface area contributed by atoms with Gasteiger partial charge in [-0.25, -0.2) is 10.4 Å². The molecule has 0 unspecified atom stereocenters. The molecule has 1 aliphatic heterocycles. The molecule has 1 heterocycles. The van der Waals surface area contributed by atoms with Crippen molar-refractivity contribution in [1.82, 2.24) is 15.3 Å². The first-order chi connectivity index (χ1) is 8.17. The minimum absolute atomic E-state index is 0.0930. The lowest BCUT2D eigenvalue weighted by molar-refractivity contribution is -0.0802. The maximum Gasteiger partial charge on any atom is 0.0612 e. The second-order valence-electron chi connectivity index (χ2n) is 5.37. The first-order valence-corrected chi connectivity index (χ1v) is 6.70. The van der Waals surface area contributed by atoms with Crippen LogP contribution in [0.5, 0.6) is 0 Å². The number of rotatable bonds is 5. The van der Waals surface area contributed by atoms with E-state index in [4.69, 9.17) is 10.5 Å². The van der Waals surface area contributed by atoms with Crippen molar-refractivity contribution in [2.45, 2.75) is 31.4 Å². The summed E-state index contributed by atoms with van der Waals surface area (Å²) in [4.78, 5) is 2.36. The standard InChI is InChI=1S/C12H26N4O/c1-3-17-11-8-12(9-11,10-13)14-16-6-4-15(2)5-7-16/h11,14H,3-10,13H2,1-2H3. The van der Waals surface area contributed by atoms with Crippen LogP contribution in [0, 0.1) is 0 Å². The highest BCUT2D eigenvalue weighted by Gasteiger charge is 2.44. The minimum Gasteiger partial charge on any atom is -0.378 e. The highest BCUT2D eigenvalue weighted by Crippen LogP contribution is 2.34. The Morgan fingerprint density at radius 3 is 2.47 bits per heavy atom. The van der Waals surface area contributed by atoms with Gasteiger partial charge in [0.2, 0.25) is 0 Å². The number of ether oxygens (including phenoxy) is 1. The molecule has 0 aromatic rings. The predicted octanol–water partition coefficient (Wildman–Crippen LogP) is -0.365. The van der Waals surface area contributed by atoms with Crippen molar-refractivity contribution in [1.29, 1.82) is 0 Å². The molecule has 1 saturated carbocycles. The summed E-state index contributed by atoms with van der Waals surface area (Å²) < 4.78 is 5.62. The van der Waals surface area contributed by atoms with E-state index >= 15 is 0 Å². The summed E-state index contributed by atoms with van der Waals surface area (Å²) in [5, 5.41) is 2.33. The lowest BCUT2D eigenvalue weighted by atomic mass is 9.74. The van der Waals surface area contributed by atoms with Crippen molar-refractivity contribution < 1.29 is 4.74 Å². The van der Waals surface area contributed by atoms with Gasteiger partial charge in [0.15, 0.2) is 0 Å². The molecule has 0 amide bonds. The van der Waals surface area contributed by atoms with Crippen molar-refractivity contribution in [3.8, 4) is 0 Å². The Labute approximate surface area is 104 Å². The molecule has 0 spiro atoms. The van der Waals surface area contributed by atoms with E-state index in [-0.39, 0.29) is 5.54 Å². The maximum absolute atomic E-state index is 5.92. The summed E-state index contributed by atoms with van der Waals surface area (Å²) in [5.41, 5.74) is 9.64. The Morgan fingerprint density at radius 1 is 1.29 bits per heavy atom. The molecule has 3 N–H and O–H groups in total. The first kappa shape index (κ1) is 13.2. The van der Waals surface area contributed by atoms with Gasteiger partial charge in [0.1, 0.15) is 0 Å². The highest BCUT2D eigenvalue weighted by molar-refractivity contribution is 5.02. The van der Waals surface area contributed by atoms with Gasteiger partial charge in [-0.1, -0.05) is 0 Å². The van der Waals surface area contributed by atoms with Gasteiger partial charge in [-0.15, -0.1) is 0 Å². The van der Waals surface area contributed by atoms with E-state index in [1.165, 1.54) is 0 Å². The van der Waals surface area contributed by atoms with Crippen molar-refractivity contribution in [2.75, 3.05) is 46.4 Å². The molecular formula is C12H26N4O. The average Bonchev–Trinajstić information content (AvgIpc) is 2.29. The fourth-order valence-electron chi connectivity index (χ4n) is 2.72. The zero-order valence-corrected chi connectivity index (χ0v) is 11.1. The molecule has 0 atom stereocenters. The van der Waals surface area contributed by atoms with E-state index in [9.17, 15) is 0 Å². The number of piperazine rings is 1. The number of hydrazine groups is 1. The maximum atomic E-state index is 5.92. The molecule has 1 saturated heterocycles. The lowest BCUT2D eigenvalue weighted by Crippen LogP contribution is -2.68. The normalized spacial score (nSPS) is 35.8. The van der Waals surface area contributed by atoms with Gasteiger partial charge < -0.3 is 15.4 Å². The SMILES string of the molecule is CCOC1CC(CN)(NN2CCN(C)CC2)C1. The number of nitrogens with two attached hydrogens (primary N) is 1. The Hall–Kier alpha value is -0.200. The van der Waals surface area contributed by atoms with Gasteiger partial charge in [-0.2, -0.15) is 0 Å². The Bertz CT molecular complexity index is 235. The first-order valence-electron chi connectivity index (χ1n) is 6.70. The number of hydrogen-bond donors (Lipinski definition) is 2. The van der Waals surface area contributed by atoms with E-state index in [1.54, 1.807) is 0 Å². The van der Waals surface area contributed by atoms with E-state index < -0.39 is 0 Å². The molecule has 0 radical (unpaired) electrons. The van der Waals surface area contributed by atoms with E-state index in [0.29, 0.717) is 12.6 Å². The Balaban J connectivity index is 1.77. The lowest BCUT2D eigenvalue weighted by Gasteiger charge is -2.50. The van der Waals surface area contributed by atoms with Crippen LogP contribution in [0.1, 0.15) is 19.8 Å². The minimum atomic E-state index is 0.0930. The summed E-state index contributed by atoms with van der Waals surface area (Å²) in [6.07, 6.45) is 2.50. The molecule has 2 rings (SSSR count). The van der Waals surface area contributed by atoms with Gasteiger partial charge in [-0.05, 0) is 26.8 Å². The summed E-state index contributed by atoms with van der Waals surface area (Å²) in [5.74, 6) is 0. The number of nitrogens with one attached hydrogen (secondary N) is 1. The third-order valence-corrected chi connectivity index (χ3v) is 3.93. The fraction of sp³-hybridized carbons (Fsp3) is 1.00. The second kappa shape index (κ2) is 5.63. The second-order valence-corrected chi connectivity index (χ2v) is 5.37. The molecule has 0 bridgehead atoms. The molecule has 2 aliphatic rings. The zero-order chi connectivity index (χ0) is 12.3. The zero-order valence-electron chi connectivity index (χ0n) is 11.1. The number of hydrogen-bond acceptors (Lipinski definition) is 5. The average molecular weight is 242 g/mol. The summed E-state index contributed by atoms with van der Waals surface area (Å²) in [6, 6.07) is 0. The van der Waals surface area contributed by atoms with Crippen LogP contribution in [0.2, 0.25) is 0 Å². The summed E-state index contributed by atoms with van der Waals surface area (Å²) in [6.45, 7) is 7.97. The van der Waals surface area contributed by atoms with Crippen LogP contribution in [0.15, 0.2) is 0 Å². The van der Waals surface area contributed by atoms with E-state index in [0.717, 1.165) is 45.6 Å². The molecule has 2 fully saturated rings. The molecule has 5 heteroatoms. The van der Waals surface area contributed by atoms with Crippen LogP contribution in [0.3, 0.4) is 0 Å². The summed E-state index contributed by atoms with van der Waals surface area (Å²) in [7, 11) is 2.17. The van der Waals surface area contributed by atoms with Gasteiger partial charge in [0, 0.05) is 44.9 Å². The fourth-order valence-corrected chi connectivity index (χ4v) is 2.72. The van der Waals surface area contributed by atoms with E-state index in [2.05, 4.69) is 29.3 Å². The summed E-state index contributed by atoms with van der Waals surface area (Å²) >= 11 is 0. The predicted molar refractivity (Wildman–Crippen MR) is 68.6 cm³/mol. The molecular weight excluding hydrogens is 216 g/mol. The number of nitrogens with zero attached hydrogens (tertiary/aromatic N) is 2. The largest absolute Gasteiger partial charge is 0.378 e. The van der Waals surface area contributed by atoms with Crippen molar-refractivity contribution >= 4 is 0 Å². The van der Waals surface area contributed by atoms with Crippen LogP contribution in [-0.4, -0.2) is 67.9 Å². The van der Waals surface area contributed by atoms with Gasteiger partial charge >= 0.3 is 0 Å². The van der Waals surface area contributed by atoms with Crippen molar-refractivity contribution in [3.05, 3.63) is 0 Å². The molecule has 1 aliphatic carbocycles. The highest BCUT2D eigenvalue weighted by atomic mass is 16.5. The topological polar surface area (TPSA) is 53.8 Å². The quantitative estimate of drug-likeness (QED) is 0.689. The van der Waals surface area contributed by atoms with Gasteiger partial charge in [0.25, 0.3) is 0 Å². The van der Waals surface area contributed by atoms with Crippen LogP contribution < -0.4 is 11.2 Å². The third-order valence-electron chi connectivity index (χ3n) is 3.93. The van der Waals surface area contributed by atoms with Crippen LogP contribution >= 0.6 is 0 Å². The number of likely N-dealkylation sites (N-methyl/N-ethyl adjacent to an activating group) is 1. The molecule has 17 heavy (non-hydrogen) atoms. The molecule has 0 aromatic heterocycles. The molecule has 100 valence electrons. The smallest absolute Gasteiger partial charge is 0.0612 e. The Morgan fingerprint density at radius 2 is 1.94 bits per heavy atom. The Kier molecular flexibility index (Phi) is 4.38. The van der Waals surface area contributed by atoms with Crippen LogP contribution in [0.25, 0.3) is 0 Å². The molecule has 0 aromatic carbocycles. The molecule has 5 nitrogen and oxygen atoms in total. The van der Waals surface area contributed by atoms with Crippen LogP contribution in [-0.2, 0) is 4.74 Å². The van der Waals surface area contributed by atoms with Crippen molar-refractivity contribution in [3.63, 3.8) is 0 Å². The van der Waals surface area contributed by atoms with Crippen molar-refractivity contribution in [2.24, 2.45) is 5.73 Å². The monoisotopic (exact) mass is 242 g/mol. The third kappa shape index (κ3) is 3.17.